The molecular weight excluding hydrogens is 470 g/mol. The standard InChI is InChI=1S/C23H23ClF2N4O2S/c1-29-5-3-17(28-29)21-20-18(33-12-27-20)4-6-30(21)19(31)9-14-7-13(8-16(24)22(14)32-2)15-10-23(25,26)11-15/h3,5,7-8,12,15,21H,4,6,9-11H2,1-2H3. The molecule has 3 aromatic rings. The molecular formula is C23H23ClF2N4O2S. The van der Waals surface area contributed by atoms with Crippen molar-refractivity contribution in [1.29, 1.82) is 0 Å². The van der Waals surface area contributed by atoms with Gasteiger partial charge in [0.05, 0.1) is 35.5 Å². The average Bonchev–Trinajstić information content (AvgIpc) is 3.39. The maximum absolute atomic E-state index is 13.6. The number of halogens is 3. The monoisotopic (exact) mass is 492 g/mol. The normalized spacial score (nSPS) is 19.8. The molecule has 1 aliphatic heterocycles. The van der Waals surface area contributed by atoms with Crippen LogP contribution >= 0.6 is 22.9 Å². The molecule has 1 fully saturated rings. The Morgan fingerprint density at radius 1 is 1.36 bits per heavy atom. The Morgan fingerprint density at radius 3 is 2.82 bits per heavy atom. The molecule has 0 N–H and O–H groups in total. The largest absolute Gasteiger partial charge is 0.495 e. The first-order chi connectivity index (χ1) is 15.8. The van der Waals surface area contributed by atoms with Crippen molar-refractivity contribution in [3.8, 4) is 5.75 Å². The summed E-state index contributed by atoms with van der Waals surface area (Å²) in [5.74, 6) is -2.62. The van der Waals surface area contributed by atoms with Crippen LogP contribution in [0, 0.1) is 0 Å². The lowest BCUT2D eigenvalue weighted by Crippen LogP contribution is -2.41. The van der Waals surface area contributed by atoms with Gasteiger partial charge in [0.15, 0.2) is 0 Å². The topological polar surface area (TPSA) is 60.2 Å². The minimum atomic E-state index is -2.64. The smallest absolute Gasteiger partial charge is 0.249 e. The van der Waals surface area contributed by atoms with E-state index in [1.807, 2.05) is 19.3 Å². The molecule has 0 bridgehead atoms. The van der Waals surface area contributed by atoms with E-state index in [1.165, 1.54) is 7.11 Å². The van der Waals surface area contributed by atoms with Crippen LogP contribution < -0.4 is 4.74 Å². The van der Waals surface area contributed by atoms with Gasteiger partial charge in [-0.2, -0.15) is 5.10 Å². The van der Waals surface area contributed by atoms with Crippen LogP contribution in [0.3, 0.4) is 0 Å². The second-order valence-corrected chi connectivity index (χ2v) is 9.99. The zero-order valence-corrected chi connectivity index (χ0v) is 19.8. The van der Waals surface area contributed by atoms with E-state index in [-0.39, 0.29) is 37.1 Å². The van der Waals surface area contributed by atoms with E-state index in [0.717, 1.165) is 28.2 Å². The van der Waals surface area contributed by atoms with Crippen LogP contribution in [-0.2, 0) is 24.7 Å². The molecule has 2 aliphatic rings. The molecule has 1 unspecified atom stereocenters. The number of rotatable bonds is 5. The number of aromatic nitrogens is 3. The number of fused-ring (bicyclic) bond motifs is 1. The van der Waals surface area contributed by atoms with Gasteiger partial charge < -0.3 is 9.64 Å². The van der Waals surface area contributed by atoms with E-state index in [0.29, 0.717) is 22.9 Å². The van der Waals surface area contributed by atoms with Crippen molar-refractivity contribution in [3.63, 3.8) is 0 Å². The van der Waals surface area contributed by atoms with Crippen molar-refractivity contribution in [2.75, 3.05) is 13.7 Å². The fraction of sp³-hybridized carbons (Fsp3) is 0.435. The van der Waals surface area contributed by atoms with E-state index in [1.54, 1.807) is 38.6 Å². The van der Waals surface area contributed by atoms with Gasteiger partial charge in [-0.25, -0.2) is 13.8 Å². The first-order valence-corrected chi connectivity index (χ1v) is 12.0. The SMILES string of the molecule is COc1c(Cl)cc(C2CC(F)(F)C2)cc1CC(=O)N1CCc2scnc2C1c1ccn(C)n1. The number of benzene rings is 1. The fourth-order valence-corrected chi connectivity index (χ4v) is 5.88. The summed E-state index contributed by atoms with van der Waals surface area (Å²) in [5, 5.41) is 4.87. The van der Waals surface area contributed by atoms with Crippen LogP contribution in [0.4, 0.5) is 8.78 Å². The highest BCUT2D eigenvalue weighted by Crippen LogP contribution is 2.49. The van der Waals surface area contributed by atoms with Gasteiger partial charge in [-0.15, -0.1) is 11.3 Å². The Hall–Kier alpha value is -2.52. The Kier molecular flexibility index (Phi) is 5.64. The van der Waals surface area contributed by atoms with Gasteiger partial charge in [-0.05, 0) is 23.6 Å². The van der Waals surface area contributed by atoms with Crippen LogP contribution in [0.5, 0.6) is 5.75 Å². The second-order valence-electron chi connectivity index (χ2n) is 8.65. The highest BCUT2D eigenvalue weighted by atomic mass is 35.5. The van der Waals surface area contributed by atoms with Gasteiger partial charge in [-0.1, -0.05) is 17.7 Å². The molecule has 33 heavy (non-hydrogen) atoms. The van der Waals surface area contributed by atoms with Gasteiger partial charge in [0, 0.05) is 49.5 Å². The molecule has 1 atom stereocenters. The number of thiazole rings is 1. The predicted molar refractivity (Wildman–Crippen MR) is 121 cm³/mol. The van der Waals surface area contributed by atoms with Gasteiger partial charge in [0.25, 0.3) is 0 Å². The summed E-state index contributed by atoms with van der Waals surface area (Å²) in [6.07, 6.45) is 2.21. The van der Waals surface area contributed by atoms with Crippen molar-refractivity contribution in [3.05, 3.63) is 62.3 Å². The molecule has 3 heterocycles. The minimum absolute atomic E-state index is 0.0443. The van der Waals surface area contributed by atoms with Gasteiger partial charge in [0.2, 0.25) is 11.8 Å². The summed E-state index contributed by atoms with van der Waals surface area (Å²) in [6, 6.07) is 4.99. The Bertz CT molecular complexity index is 1200. The molecule has 1 aliphatic carbocycles. The number of amides is 1. The summed E-state index contributed by atoms with van der Waals surface area (Å²) >= 11 is 8.01. The fourth-order valence-electron chi connectivity index (χ4n) is 4.77. The summed E-state index contributed by atoms with van der Waals surface area (Å²) < 4.78 is 34.1. The van der Waals surface area contributed by atoms with E-state index in [2.05, 4.69) is 10.1 Å². The van der Waals surface area contributed by atoms with E-state index < -0.39 is 5.92 Å². The number of aryl methyl sites for hydroxylation is 1. The summed E-state index contributed by atoms with van der Waals surface area (Å²) in [6.45, 7) is 0.542. The second kappa shape index (κ2) is 8.36. The Balaban J connectivity index is 1.45. The third kappa shape index (κ3) is 4.12. The number of nitrogens with zero attached hydrogens (tertiary/aromatic N) is 4. The average molecular weight is 493 g/mol. The lowest BCUT2D eigenvalue weighted by Gasteiger charge is -2.36. The predicted octanol–water partition coefficient (Wildman–Crippen LogP) is 4.77. The number of carbonyl (C=O) groups is 1. The van der Waals surface area contributed by atoms with Crippen LogP contribution in [0.2, 0.25) is 5.02 Å². The highest BCUT2D eigenvalue weighted by Gasteiger charge is 2.46. The molecule has 5 rings (SSSR count). The van der Waals surface area contributed by atoms with Gasteiger partial charge in [0.1, 0.15) is 11.8 Å². The number of alkyl halides is 2. The van der Waals surface area contributed by atoms with Crippen LogP contribution in [0.15, 0.2) is 29.9 Å². The van der Waals surface area contributed by atoms with E-state index in [9.17, 15) is 13.6 Å². The van der Waals surface area contributed by atoms with Gasteiger partial charge in [-0.3, -0.25) is 9.48 Å². The van der Waals surface area contributed by atoms with Crippen LogP contribution in [-0.4, -0.2) is 45.1 Å². The number of hydrogen-bond acceptors (Lipinski definition) is 5. The molecule has 2 aromatic heterocycles. The number of ether oxygens (including phenoxy) is 1. The molecule has 10 heteroatoms. The van der Waals surface area contributed by atoms with Crippen molar-refractivity contribution >= 4 is 28.8 Å². The number of hydrogen-bond donors (Lipinski definition) is 0. The molecule has 1 saturated carbocycles. The molecule has 1 amide bonds. The number of carbonyl (C=O) groups excluding carboxylic acids is 1. The van der Waals surface area contributed by atoms with Crippen molar-refractivity contribution in [2.45, 2.75) is 43.6 Å². The zero-order valence-electron chi connectivity index (χ0n) is 18.2. The molecule has 6 nitrogen and oxygen atoms in total. The first-order valence-electron chi connectivity index (χ1n) is 10.7. The summed E-state index contributed by atoms with van der Waals surface area (Å²) in [4.78, 5) is 21.1. The summed E-state index contributed by atoms with van der Waals surface area (Å²) in [5.41, 5.74) is 4.73. The quantitative estimate of drug-likeness (QED) is 0.515. The van der Waals surface area contributed by atoms with Crippen LogP contribution in [0.1, 0.15) is 52.2 Å². The molecule has 0 spiro atoms. The lowest BCUT2D eigenvalue weighted by molar-refractivity contribution is -0.132. The zero-order chi connectivity index (χ0) is 23.3. The number of methoxy groups -OCH3 is 1. The van der Waals surface area contributed by atoms with Crippen LogP contribution in [0.25, 0.3) is 0 Å². The molecule has 1 aromatic carbocycles. The van der Waals surface area contributed by atoms with E-state index >= 15 is 0 Å². The van der Waals surface area contributed by atoms with Crippen molar-refractivity contribution in [2.24, 2.45) is 7.05 Å². The van der Waals surface area contributed by atoms with Gasteiger partial charge >= 0.3 is 0 Å². The van der Waals surface area contributed by atoms with Crippen molar-refractivity contribution in [1.82, 2.24) is 19.7 Å². The maximum atomic E-state index is 13.6. The third-order valence-corrected chi connectivity index (χ3v) is 7.60. The minimum Gasteiger partial charge on any atom is -0.495 e. The Morgan fingerprint density at radius 2 is 2.15 bits per heavy atom. The molecule has 0 radical (unpaired) electrons. The maximum Gasteiger partial charge on any atom is 0.249 e. The molecule has 0 saturated heterocycles. The third-order valence-electron chi connectivity index (χ3n) is 6.41. The summed E-state index contributed by atoms with van der Waals surface area (Å²) in [7, 11) is 3.33. The van der Waals surface area contributed by atoms with E-state index in [4.69, 9.17) is 16.3 Å². The molecule has 174 valence electrons. The highest BCUT2D eigenvalue weighted by molar-refractivity contribution is 7.09. The Labute approximate surface area is 199 Å². The van der Waals surface area contributed by atoms with Crippen molar-refractivity contribution < 1.29 is 18.3 Å². The first kappa shape index (κ1) is 22.3. The lowest BCUT2D eigenvalue weighted by atomic mass is 9.76.